The van der Waals surface area contributed by atoms with E-state index >= 15 is 0 Å². The number of esters is 1. The van der Waals surface area contributed by atoms with Crippen molar-refractivity contribution in [2.24, 2.45) is 5.73 Å². The number of nitrogens with two attached hydrogens (primary N) is 1. The molecule has 1 atom stereocenters. The lowest BCUT2D eigenvalue weighted by molar-refractivity contribution is -0.148. The van der Waals surface area contributed by atoms with Crippen LogP contribution in [-0.2, 0) is 9.53 Å². The third kappa shape index (κ3) is 3.26. The second-order valence-electron chi connectivity index (χ2n) is 4.62. The van der Waals surface area contributed by atoms with E-state index in [9.17, 15) is 4.79 Å². The number of fused-ring (bicyclic) bond motifs is 1. The number of aromatic nitrogens is 2. The van der Waals surface area contributed by atoms with Crippen LogP contribution in [0.4, 0.5) is 0 Å². The number of nitrogens with zero attached hydrogens (tertiary/aromatic N) is 2. The van der Waals surface area contributed by atoms with E-state index in [1.807, 2.05) is 24.3 Å². The first-order valence-electron chi connectivity index (χ1n) is 6.33. The van der Waals surface area contributed by atoms with E-state index < -0.39 is 11.5 Å². The molecule has 0 bridgehead atoms. The Hall–Kier alpha value is -1.66. The molecule has 20 heavy (non-hydrogen) atoms. The molecule has 0 fully saturated rings. The molecular weight excluding hydrogens is 274 g/mol. The average Bonchev–Trinajstić information content (AvgIpc) is 2.45. The Morgan fingerprint density at radius 1 is 1.40 bits per heavy atom. The molecule has 1 aromatic carbocycles. The standard InChI is InChI=1S/C14H17N3O2S/c1-3-19-13(18)14(2,15)8-20-12-10-6-4-5-7-11(10)16-9-17-12/h4-7,9H,3,8,15H2,1-2H3. The van der Waals surface area contributed by atoms with Crippen LogP contribution in [0.5, 0.6) is 0 Å². The molecule has 0 aliphatic heterocycles. The number of hydrogen-bond donors (Lipinski definition) is 1. The van der Waals surface area contributed by atoms with Gasteiger partial charge in [-0.05, 0) is 19.9 Å². The molecule has 0 aliphatic carbocycles. The van der Waals surface area contributed by atoms with E-state index in [4.69, 9.17) is 10.5 Å². The maximum atomic E-state index is 11.8. The Balaban J connectivity index is 2.15. The summed E-state index contributed by atoms with van der Waals surface area (Å²) in [5, 5.41) is 1.77. The molecule has 2 aromatic rings. The van der Waals surface area contributed by atoms with Gasteiger partial charge in [-0.1, -0.05) is 18.2 Å². The quantitative estimate of drug-likeness (QED) is 0.516. The maximum absolute atomic E-state index is 11.8. The third-order valence-corrected chi connectivity index (χ3v) is 4.10. The highest BCUT2D eigenvalue weighted by molar-refractivity contribution is 7.99. The van der Waals surface area contributed by atoms with E-state index in [2.05, 4.69) is 9.97 Å². The molecule has 0 amide bonds. The van der Waals surface area contributed by atoms with Gasteiger partial charge in [0.1, 0.15) is 16.9 Å². The molecule has 0 saturated heterocycles. The van der Waals surface area contributed by atoms with E-state index in [1.165, 1.54) is 18.1 Å². The van der Waals surface area contributed by atoms with Gasteiger partial charge in [0.05, 0.1) is 12.1 Å². The van der Waals surface area contributed by atoms with Crippen molar-refractivity contribution in [1.82, 2.24) is 9.97 Å². The largest absolute Gasteiger partial charge is 0.465 e. The number of benzene rings is 1. The molecular formula is C14H17N3O2S. The van der Waals surface area contributed by atoms with Crippen LogP contribution in [0, 0.1) is 0 Å². The summed E-state index contributed by atoms with van der Waals surface area (Å²) in [5.74, 6) is -0.00167. The van der Waals surface area contributed by atoms with E-state index in [0.29, 0.717) is 12.4 Å². The summed E-state index contributed by atoms with van der Waals surface area (Å²) in [5.41, 5.74) is 5.84. The minimum absolute atomic E-state index is 0.326. The van der Waals surface area contributed by atoms with Crippen LogP contribution >= 0.6 is 11.8 Å². The van der Waals surface area contributed by atoms with Gasteiger partial charge in [-0.15, -0.1) is 11.8 Å². The smallest absolute Gasteiger partial charge is 0.326 e. The van der Waals surface area contributed by atoms with Crippen molar-refractivity contribution in [2.75, 3.05) is 12.4 Å². The molecule has 1 aromatic heterocycles. The van der Waals surface area contributed by atoms with E-state index in [1.54, 1.807) is 13.8 Å². The van der Waals surface area contributed by atoms with Gasteiger partial charge in [0.25, 0.3) is 0 Å². The zero-order valence-corrected chi connectivity index (χ0v) is 12.3. The lowest BCUT2D eigenvalue weighted by Crippen LogP contribution is -2.48. The Kier molecular flexibility index (Phi) is 4.57. The molecule has 5 nitrogen and oxygen atoms in total. The Bertz CT molecular complexity index is 611. The summed E-state index contributed by atoms with van der Waals surface area (Å²) in [6, 6.07) is 7.74. The van der Waals surface area contributed by atoms with Crippen LogP contribution in [0.15, 0.2) is 35.6 Å². The highest BCUT2D eigenvalue weighted by atomic mass is 32.2. The second kappa shape index (κ2) is 6.19. The lowest BCUT2D eigenvalue weighted by atomic mass is 10.1. The summed E-state index contributed by atoms with van der Waals surface area (Å²) in [4.78, 5) is 20.2. The second-order valence-corrected chi connectivity index (χ2v) is 5.59. The first-order chi connectivity index (χ1) is 9.54. The van der Waals surface area contributed by atoms with Crippen molar-refractivity contribution in [3.63, 3.8) is 0 Å². The molecule has 106 valence electrons. The predicted molar refractivity (Wildman–Crippen MR) is 79.5 cm³/mol. The zero-order valence-electron chi connectivity index (χ0n) is 11.5. The Labute approximate surface area is 121 Å². The zero-order chi connectivity index (χ0) is 14.6. The van der Waals surface area contributed by atoms with Gasteiger partial charge in [-0.2, -0.15) is 0 Å². The SMILES string of the molecule is CCOC(=O)C(C)(N)CSc1ncnc2ccccc12. The minimum Gasteiger partial charge on any atom is -0.465 e. The number of ether oxygens (including phenoxy) is 1. The van der Waals surface area contributed by atoms with Crippen LogP contribution in [0.3, 0.4) is 0 Å². The van der Waals surface area contributed by atoms with Crippen LogP contribution in [-0.4, -0.2) is 33.8 Å². The van der Waals surface area contributed by atoms with Gasteiger partial charge >= 0.3 is 5.97 Å². The first kappa shape index (κ1) is 14.7. The van der Waals surface area contributed by atoms with Crippen molar-refractivity contribution in [3.05, 3.63) is 30.6 Å². The molecule has 6 heteroatoms. The van der Waals surface area contributed by atoms with Crippen LogP contribution in [0.1, 0.15) is 13.8 Å². The van der Waals surface area contributed by atoms with Crippen molar-refractivity contribution >= 4 is 28.6 Å². The van der Waals surface area contributed by atoms with Crippen molar-refractivity contribution in [3.8, 4) is 0 Å². The molecule has 1 unspecified atom stereocenters. The number of hydrogen-bond acceptors (Lipinski definition) is 6. The summed E-state index contributed by atoms with van der Waals surface area (Å²) >= 11 is 1.43. The predicted octanol–water partition coefficient (Wildman–Crippen LogP) is 2.00. The molecule has 1 heterocycles. The fourth-order valence-electron chi connectivity index (χ4n) is 1.67. The first-order valence-corrected chi connectivity index (χ1v) is 7.32. The average molecular weight is 291 g/mol. The van der Waals surface area contributed by atoms with Crippen molar-refractivity contribution in [2.45, 2.75) is 24.4 Å². The van der Waals surface area contributed by atoms with Gasteiger partial charge in [0.15, 0.2) is 0 Å². The molecule has 0 radical (unpaired) electrons. The van der Waals surface area contributed by atoms with Crippen LogP contribution in [0.2, 0.25) is 0 Å². The highest BCUT2D eigenvalue weighted by Gasteiger charge is 2.30. The van der Waals surface area contributed by atoms with Crippen LogP contribution in [0.25, 0.3) is 10.9 Å². The molecule has 2 N–H and O–H groups in total. The van der Waals surface area contributed by atoms with Gasteiger partial charge in [-0.3, -0.25) is 4.79 Å². The van der Waals surface area contributed by atoms with Crippen LogP contribution < -0.4 is 5.73 Å². The summed E-state index contributed by atoms with van der Waals surface area (Å²) < 4.78 is 4.97. The Morgan fingerprint density at radius 3 is 2.90 bits per heavy atom. The Morgan fingerprint density at radius 2 is 2.15 bits per heavy atom. The summed E-state index contributed by atoms with van der Waals surface area (Å²) in [7, 11) is 0. The fourth-order valence-corrected chi connectivity index (χ4v) is 2.67. The normalized spacial score (nSPS) is 13.9. The van der Waals surface area contributed by atoms with Gasteiger partial charge in [0.2, 0.25) is 0 Å². The molecule has 2 rings (SSSR count). The number of rotatable bonds is 5. The number of carbonyl (C=O) groups excluding carboxylic acids is 1. The molecule has 0 aliphatic rings. The number of para-hydroxylation sites is 1. The maximum Gasteiger partial charge on any atom is 0.326 e. The van der Waals surface area contributed by atoms with Gasteiger partial charge < -0.3 is 10.5 Å². The minimum atomic E-state index is -1.03. The topological polar surface area (TPSA) is 78.1 Å². The lowest BCUT2D eigenvalue weighted by Gasteiger charge is -2.21. The third-order valence-electron chi connectivity index (χ3n) is 2.76. The van der Waals surface area contributed by atoms with Gasteiger partial charge in [-0.25, -0.2) is 9.97 Å². The van der Waals surface area contributed by atoms with E-state index in [0.717, 1.165) is 15.9 Å². The fraction of sp³-hybridized carbons (Fsp3) is 0.357. The number of thioether (sulfide) groups is 1. The molecule has 0 saturated carbocycles. The highest BCUT2D eigenvalue weighted by Crippen LogP contribution is 2.26. The van der Waals surface area contributed by atoms with Crippen molar-refractivity contribution in [1.29, 1.82) is 0 Å². The van der Waals surface area contributed by atoms with Crippen molar-refractivity contribution < 1.29 is 9.53 Å². The number of carbonyl (C=O) groups is 1. The summed E-state index contributed by atoms with van der Waals surface area (Å²) in [6.07, 6.45) is 1.52. The van der Waals surface area contributed by atoms with E-state index in [-0.39, 0.29) is 0 Å². The summed E-state index contributed by atoms with van der Waals surface area (Å²) in [6.45, 7) is 3.76. The van der Waals surface area contributed by atoms with Gasteiger partial charge in [0, 0.05) is 11.1 Å². The molecule has 0 spiro atoms. The monoisotopic (exact) mass is 291 g/mol.